The van der Waals surface area contributed by atoms with Crippen LogP contribution in [-0.4, -0.2) is 24.2 Å². The van der Waals surface area contributed by atoms with E-state index in [0.717, 1.165) is 5.56 Å². The normalized spacial score (nSPS) is 13.2. The summed E-state index contributed by atoms with van der Waals surface area (Å²) < 4.78 is 4.67. The Morgan fingerprint density at radius 1 is 1.09 bits per heavy atom. The lowest BCUT2D eigenvalue weighted by atomic mass is 10.00. The molecule has 0 amide bonds. The van der Waals surface area contributed by atoms with Gasteiger partial charge in [-0.15, -0.1) is 0 Å². The number of hydrogen-bond donors (Lipinski definition) is 2. The van der Waals surface area contributed by atoms with Crippen LogP contribution >= 0.6 is 12.2 Å². The Labute approximate surface area is 135 Å². The summed E-state index contributed by atoms with van der Waals surface area (Å²) in [4.78, 5) is 11.4. The van der Waals surface area contributed by atoms with E-state index in [1.165, 1.54) is 17.9 Å². The molecule has 2 atom stereocenters. The zero-order valence-corrected chi connectivity index (χ0v) is 13.7. The fourth-order valence-electron chi connectivity index (χ4n) is 2.38. The smallest absolute Gasteiger partial charge is 0.328 e. The minimum Gasteiger partial charge on any atom is -0.467 e. The van der Waals surface area contributed by atoms with Gasteiger partial charge in [-0.3, -0.25) is 0 Å². The van der Waals surface area contributed by atoms with Crippen molar-refractivity contribution in [2.24, 2.45) is 0 Å². The fourth-order valence-corrected chi connectivity index (χ4v) is 2.73. The maximum absolute atomic E-state index is 11.4. The predicted octanol–water partition coefficient (Wildman–Crippen LogP) is 2.93. The average molecular weight is 316 g/mol. The van der Waals surface area contributed by atoms with Crippen LogP contribution in [0.1, 0.15) is 25.5 Å². The van der Waals surface area contributed by atoms with Gasteiger partial charge >= 0.3 is 5.97 Å². The molecule has 4 nitrogen and oxygen atoms in total. The number of benzene rings is 2. The maximum Gasteiger partial charge on any atom is 0.328 e. The van der Waals surface area contributed by atoms with Gasteiger partial charge in [-0.25, -0.2) is 4.79 Å². The maximum atomic E-state index is 11.4. The monoisotopic (exact) mass is 316 g/mol. The van der Waals surface area contributed by atoms with E-state index in [-0.39, 0.29) is 12.0 Å². The lowest BCUT2D eigenvalue weighted by Crippen LogP contribution is -2.45. The number of thiocarbonyl (C=S) groups is 1. The molecule has 0 radical (unpaired) electrons. The summed E-state index contributed by atoms with van der Waals surface area (Å²) in [5.74, 6) is -0.345. The standard InChI is InChI=1S/C17H20N2O2S/c1-11(18-17(22)19-12(2)16(20)21-3)14-10-6-8-13-7-4-5-9-15(13)14/h4-12H,1-3H3,(H2,18,19,22)/t11-,12-/m1/s1. The summed E-state index contributed by atoms with van der Waals surface area (Å²) in [7, 11) is 1.36. The lowest BCUT2D eigenvalue weighted by Gasteiger charge is -2.21. The number of ether oxygens (including phenoxy) is 1. The molecule has 0 spiro atoms. The summed E-state index contributed by atoms with van der Waals surface area (Å²) in [5.41, 5.74) is 1.16. The molecule has 0 bridgehead atoms. The number of methoxy groups -OCH3 is 1. The second kappa shape index (κ2) is 7.22. The Bertz CT molecular complexity index is 682. The van der Waals surface area contributed by atoms with Crippen molar-refractivity contribution in [1.29, 1.82) is 0 Å². The number of hydrogen-bond acceptors (Lipinski definition) is 3. The molecule has 2 N–H and O–H groups in total. The van der Waals surface area contributed by atoms with Crippen molar-refractivity contribution in [1.82, 2.24) is 10.6 Å². The van der Waals surface area contributed by atoms with E-state index >= 15 is 0 Å². The van der Waals surface area contributed by atoms with Crippen molar-refractivity contribution in [2.45, 2.75) is 25.9 Å². The van der Waals surface area contributed by atoms with Crippen LogP contribution in [0.25, 0.3) is 10.8 Å². The molecule has 0 saturated carbocycles. The Kier molecular flexibility index (Phi) is 5.33. The molecule has 2 aromatic rings. The van der Waals surface area contributed by atoms with Gasteiger partial charge < -0.3 is 15.4 Å². The molecule has 2 rings (SSSR count). The Morgan fingerprint density at radius 3 is 2.50 bits per heavy atom. The molecule has 0 aliphatic rings. The molecule has 116 valence electrons. The van der Waals surface area contributed by atoms with Gasteiger partial charge in [0.15, 0.2) is 5.11 Å². The van der Waals surface area contributed by atoms with Crippen LogP contribution in [0.5, 0.6) is 0 Å². The summed E-state index contributed by atoms with van der Waals surface area (Å²) in [5, 5.41) is 8.94. The quantitative estimate of drug-likeness (QED) is 0.671. The largest absolute Gasteiger partial charge is 0.467 e. The Morgan fingerprint density at radius 2 is 1.77 bits per heavy atom. The van der Waals surface area contributed by atoms with Gasteiger partial charge in [0, 0.05) is 0 Å². The van der Waals surface area contributed by atoms with Gasteiger partial charge in [-0.2, -0.15) is 0 Å². The second-order valence-corrected chi connectivity index (χ2v) is 5.56. The van der Waals surface area contributed by atoms with Crippen LogP contribution in [0.3, 0.4) is 0 Å². The first-order chi connectivity index (χ1) is 10.5. The first-order valence-electron chi connectivity index (χ1n) is 7.15. The van der Waals surface area contributed by atoms with Crippen LogP contribution in [0.2, 0.25) is 0 Å². The minimum absolute atomic E-state index is 0.0240. The molecule has 22 heavy (non-hydrogen) atoms. The first kappa shape index (κ1) is 16.2. The van der Waals surface area contributed by atoms with E-state index in [0.29, 0.717) is 5.11 Å². The summed E-state index contributed by atoms with van der Waals surface area (Å²) in [6.45, 7) is 3.75. The molecular formula is C17H20N2O2S. The number of fused-ring (bicyclic) bond motifs is 1. The van der Waals surface area contributed by atoms with Crippen LogP contribution in [0, 0.1) is 0 Å². The average Bonchev–Trinajstić information content (AvgIpc) is 2.53. The molecule has 0 fully saturated rings. The molecule has 0 aromatic heterocycles. The van der Waals surface area contributed by atoms with E-state index in [1.807, 2.05) is 25.1 Å². The number of carbonyl (C=O) groups excluding carboxylic acids is 1. The zero-order valence-electron chi connectivity index (χ0n) is 12.9. The molecule has 0 aliphatic carbocycles. The molecule has 0 unspecified atom stereocenters. The highest BCUT2D eigenvalue weighted by atomic mass is 32.1. The van der Waals surface area contributed by atoms with E-state index in [1.54, 1.807) is 6.92 Å². The zero-order chi connectivity index (χ0) is 16.1. The number of esters is 1. The van der Waals surface area contributed by atoms with Crippen LogP contribution in [0.15, 0.2) is 42.5 Å². The predicted molar refractivity (Wildman–Crippen MR) is 92.7 cm³/mol. The van der Waals surface area contributed by atoms with Crippen molar-refractivity contribution in [3.05, 3.63) is 48.0 Å². The first-order valence-corrected chi connectivity index (χ1v) is 7.56. The highest BCUT2D eigenvalue weighted by molar-refractivity contribution is 7.80. The topological polar surface area (TPSA) is 50.4 Å². The highest BCUT2D eigenvalue weighted by Gasteiger charge is 2.16. The lowest BCUT2D eigenvalue weighted by molar-refractivity contribution is -0.142. The van der Waals surface area contributed by atoms with Gasteiger partial charge in [0.05, 0.1) is 13.2 Å². The Balaban J connectivity index is 2.09. The molecule has 5 heteroatoms. The van der Waals surface area contributed by atoms with Gasteiger partial charge in [0.1, 0.15) is 6.04 Å². The van der Waals surface area contributed by atoms with Crippen molar-refractivity contribution < 1.29 is 9.53 Å². The minimum atomic E-state index is -0.482. The van der Waals surface area contributed by atoms with Gasteiger partial charge in [0.25, 0.3) is 0 Å². The third-order valence-electron chi connectivity index (χ3n) is 3.54. The molecular weight excluding hydrogens is 296 g/mol. The number of rotatable bonds is 4. The molecule has 0 aliphatic heterocycles. The van der Waals surface area contributed by atoms with Crippen LogP contribution in [0.4, 0.5) is 0 Å². The van der Waals surface area contributed by atoms with E-state index in [2.05, 4.69) is 39.6 Å². The van der Waals surface area contributed by atoms with Crippen molar-refractivity contribution >= 4 is 34.1 Å². The molecule has 0 saturated heterocycles. The van der Waals surface area contributed by atoms with Crippen molar-refractivity contribution in [2.75, 3.05) is 7.11 Å². The van der Waals surface area contributed by atoms with E-state index in [9.17, 15) is 4.79 Å². The van der Waals surface area contributed by atoms with Crippen LogP contribution in [-0.2, 0) is 9.53 Å². The van der Waals surface area contributed by atoms with E-state index in [4.69, 9.17) is 12.2 Å². The van der Waals surface area contributed by atoms with Crippen molar-refractivity contribution in [3.63, 3.8) is 0 Å². The van der Waals surface area contributed by atoms with Gasteiger partial charge in [0.2, 0.25) is 0 Å². The van der Waals surface area contributed by atoms with Crippen LogP contribution < -0.4 is 10.6 Å². The SMILES string of the molecule is COC(=O)[C@@H](C)NC(=S)N[C@H](C)c1cccc2ccccc12. The fraction of sp³-hybridized carbons (Fsp3) is 0.294. The third-order valence-corrected chi connectivity index (χ3v) is 3.78. The summed E-state index contributed by atoms with van der Waals surface area (Å²) in [6, 6.07) is 14.0. The summed E-state index contributed by atoms with van der Waals surface area (Å²) >= 11 is 5.27. The molecule has 0 heterocycles. The Hall–Kier alpha value is -2.14. The van der Waals surface area contributed by atoms with Crippen molar-refractivity contribution in [3.8, 4) is 0 Å². The molecule has 2 aromatic carbocycles. The highest BCUT2D eigenvalue weighted by Crippen LogP contribution is 2.23. The number of carbonyl (C=O) groups is 1. The van der Waals surface area contributed by atoms with Gasteiger partial charge in [-0.05, 0) is 42.4 Å². The van der Waals surface area contributed by atoms with Gasteiger partial charge in [-0.1, -0.05) is 42.5 Å². The number of nitrogens with one attached hydrogen (secondary N) is 2. The third kappa shape index (κ3) is 3.74. The van der Waals surface area contributed by atoms with E-state index < -0.39 is 6.04 Å². The summed E-state index contributed by atoms with van der Waals surface area (Å²) in [6.07, 6.45) is 0. The second-order valence-electron chi connectivity index (χ2n) is 5.15.